The third-order valence-electron chi connectivity index (χ3n) is 2.80. The molecular weight excluding hydrogens is 312 g/mol. The summed E-state index contributed by atoms with van der Waals surface area (Å²) in [6.45, 7) is 7.18. The Balaban J connectivity index is 2.29. The van der Waals surface area contributed by atoms with Gasteiger partial charge in [-0.15, -0.1) is 0 Å². The molecule has 2 rings (SSSR count). The van der Waals surface area contributed by atoms with E-state index in [2.05, 4.69) is 51.3 Å². The number of halogens is 1. The summed E-state index contributed by atoms with van der Waals surface area (Å²) in [4.78, 5) is 2.15. The summed E-state index contributed by atoms with van der Waals surface area (Å²) < 4.78 is 1.04. The number of fused-ring (bicyclic) bond motifs is 1. The van der Waals surface area contributed by atoms with E-state index in [1.807, 2.05) is 24.1 Å². The van der Waals surface area contributed by atoms with Crippen molar-refractivity contribution in [3.63, 3.8) is 0 Å². The maximum absolute atomic E-state index is 5.39. The molecule has 0 fully saturated rings. The van der Waals surface area contributed by atoms with Gasteiger partial charge in [0.05, 0.1) is 0 Å². The van der Waals surface area contributed by atoms with Gasteiger partial charge < -0.3 is 10.2 Å². The van der Waals surface area contributed by atoms with Crippen molar-refractivity contribution in [3.8, 4) is 0 Å². The van der Waals surface area contributed by atoms with Crippen LogP contribution in [-0.4, -0.2) is 33.6 Å². The molecule has 0 spiro atoms. The predicted octanol–water partition coefficient (Wildman–Crippen LogP) is 2.60. The minimum Gasteiger partial charge on any atom is -0.361 e. The lowest BCUT2D eigenvalue weighted by molar-refractivity contribution is 0.182. The molecule has 2 aliphatic rings. The molecule has 0 saturated heterocycles. The van der Waals surface area contributed by atoms with Crippen molar-refractivity contribution < 1.29 is 0 Å². The van der Waals surface area contributed by atoms with Crippen molar-refractivity contribution in [2.24, 2.45) is 11.0 Å². The van der Waals surface area contributed by atoms with Crippen LogP contribution in [0.1, 0.15) is 20.8 Å². The van der Waals surface area contributed by atoms with Gasteiger partial charge in [0, 0.05) is 17.2 Å². The average Bonchev–Trinajstić information content (AvgIpc) is 2.67. The van der Waals surface area contributed by atoms with E-state index >= 15 is 0 Å². The molecule has 0 radical (unpaired) electrons. The van der Waals surface area contributed by atoms with Gasteiger partial charge >= 0.3 is 0 Å². The number of hydrogen-bond acceptors (Lipinski definition) is 3. The van der Waals surface area contributed by atoms with Gasteiger partial charge in [0.2, 0.25) is 0 Å². The van der Waals surface area contributed by atoms with E-state index in [4.69, 9.17) is 12.2 Å². The van der Waals surface area contributed by atoms with Crippen LogP contribution < -0.4 is 5.32 Å². The van der Waals surface area contributed by atoms with Crippen LogP contribution in [0.25, 0.3) is 0 Å². The predicted molar refractivity (Wildman–Crippen MR) is 82.2 cm³/mol. The summed E-state index contributed by atoms with van der Waals surface area (Å²) >= 11 is 8.89. The SMILES string of the molecule is CCNC(=S)N1N=C2C=CC(Br)=CN2C1C(C)C. The van der Waals surface area contributed by atoms with Gasteiger partial charge in [-0.2, -0.15) is 5.10 Å². The summed E-state index contributed by atoms with van der Waals surface area (Å²) in [5, 5.41) is 10.3. The number of amidine groups is 1. The highest BCUT2D eigenvalue weighted by Gasteiger charge is 2.37. The third kappa shape index (κ3) is 2.44. The molecule has 6 heteroatoms. The molecule has 18 heavy (non-hydrogen) atoms. The number of allylic oxidation sites excluding steroid dienone is 2. The Morgan fingerprint density at radius 2 is 2.28 bits per heavy atom. The Labute approximate surface area is 122 Å². The highest BCUT2D eigenvalue weighted by Crippen LogP contribution is 2.28. The van der Waals surface area contributed by atoms with Crippen molar-refractivity contribution in [2.45, 2.75) is 26.9 Å². The number of thiocarbonyl (C=S) groups is 1. The topological polar surface area (TPSA) is 30.9 Å². The first-order chi connectivity index (χ1) is 8.54. The zero-order chi connectivity index (χ0) is 13.3. The minimum absolute atomic E-state index is 0.129. The highest BCUT2D eigenvalue weighted by molar-refractivity contribution is 9.11. The molecule has 0 aliphatic carbocycles. The van der Waals surface area contributed by atoms with Crippen LogP contribution in [0.3, 0.4) is 0 Å². The van der Waals surface area contributed by atoms with Crippen molar-refractivity contribution >= 4 is 39.1 Å². The molecule has 0 bridgehead atoms. The number of nitrogens with zero attached hydrogens (tertiary/aromatic N) is 3. The zero-order valence-corrected chi connectivity index (χ0v) is 13.1. The molecule has 1 unspecified atom stereocenters. The standard InChI is InChI=1S/C12H17BrN4S/c1-4-14-12(18)17-11(8(2)3)16-7-9(13)5-6-10(16)15-17/h5-8,11H,4H2,1-3H3,(H,14,18). The fourth-order valence-electron chi connectivity index (χ4n) is 2.07. The Hall–Kier alpha value is -0.880. The quantitative estimate of drug-likeness (QED) is 0.789. The van der Waals surface area contributed by atoms with Gasteiger partial charge in [0.15, 0.2) is 10.9 Å². The number of hydrazone groups is 1. The van der Waals surface area contributed by atoms with Crippen molar-refractivity contribution in [1.29, 1.82) is 0 Å². The van der Waals surface area contributed by atoms with Crippen LogP contribution in [-0.2, 0) is 0 Å². The lowest BCUT2D eigenvalue weighted by Gasteiger charge is -2.33. The molecule has 4 nitrogen and oxygen atoms in total. The lowest BCUT2D eigenvalue weighted by Crippen LogP contribution is -2.48. The summed E-state index contributed by atoms with van der Waals surface area (Å²) in [6, 6.07) is 0. The molecule has 2 heterocycles. The van der Waals surface area contributed by atoms with Gasteiger partial charge in [0.1, 0.15) is 6.17 Å². The Kier molecular flexibility index (Phi) is 4.07. The molecule has 1 N–H and O–H groups in total. The summed E-state index contributed by atoms with van der Waals surface area (Å²) in [5.41, 5.74) is 0. The monoisotopic (exact) mass is 328 g/mol. The van der Waals surface area contributed by atoms with Crippen LogP contribution in [0, 0.1) is 5.92 Å². The van der Waals surface area contributed by atoms with Gasteiger partial charge in [-0.25, -0.2) is 5.01 Å². The van der Waals surface area contributed by atoms with Crippen LogP contribution >= 0.6 is 28.1 Å². The second kappa shape index (κ2) is 5.40. The Bertz CT molecular complexity index is 441. The van der Waals surface area contributed by atoms with Gasteiger partial charge in [-0.05, 0) is 53.1 Å². The maximum atomic E-state index is 5.39. The molecular formula is C12H17BrN4S. The maximum Gasteiger partial charge on any atom is 0.191 e. The number of nitrogens with one attached hydrogen (secondary N) is 1. The zero-order valence-electron chi connectivity index (χ0n) is 10.7. The van der Waals surface area contributed by atoms with E-state index in [9.17, 15) is 0 Å². The van der Waals surface area contributed by atoms with Gasteiger partial charge in [-0.3, -0.25) is 0 Å². The molecule has 0 saturated carbocycles. The molecule has 0 aromatic carbocycles. The number of hydrogen-bond donors (Lipinski definition) is 1. The first-order valence-electron chi connectivity index (χ1n) is 6.04. The van der Waals surface area contributed by atoms with Gasteiger partial charge in [0.25, 0.3) is 0 Å². The van der Waals surface area contributed by atoms with E-state index < -0.39 is 0 Å². The summed E-state index contributed by atoms with van der Waals surface area (Å²) in [6.07, 6.45) is 6.17. The fourth-order valence-corrected chi connectivity index (χ4v) is 2.71. The smallest absolute Gasteiger partial charge is 0.191 e. The molecule has 1 atom stereocenters. The molecule has 0 amide bonds. The average molecular weight is 329 g/mol. The summed E-state index contributed by atoms with van der Waals surface area (Å²) in [7, 11) is 0. The van der Waals surface area contributed by atoms with Crippen LogP contribution in [0.2, 0.25) is 0 Å². The summed E-state index contributed by atoms with van der Waals surface area (Å²) in [5.74, 6) is 1.34. The largest absolute Gasteiger partial charge is 0.361 e. The normalized spacial score (nSPS) is 21.9. The third-order valence-corrected chi connectivity index (χ3v) is 3.60. The minimum atomic E-state index is 0.129. The van der Waals surface area contributed by atoms with E-state index in [1.54, 1.807) is 0 Å². The highest BCUT2D eigenvalue weighted by atomic mass is 79.9. The molecule has 98 valence electrons. The van der Waals surface area contributed by atoms with Crippen LogP contribution in [0.15, 0.2) is 27.9 Å². The van der Waals surface area contributed by atoms with E-state index in [0.717, 1.165) is 16.9 Å². The van der Waals surface area contributed by atoms with Crippen molar-refractivity contribution in [3.05, 3.63) is 22.8 Å². The Morgan fingerprint density at radius 1 is 1.56 bits per heavy atom. The fraction of sp³-hybridized carbons (Fsp3) is 0.500. The number of rotatable bonds is 2. The molecule has 0 aromatic rings. The lowest BCUT2D eigenvalue weighted by atomic mass is 10.1. The van der Waals surface area contributed by atoms with Crippen molar-refractivity contribution in [1.82, 2.24) is 15.2 Å². The van der Waals surface area contributed by atoms with E-state index in [-0.39, 0.29) is 6.17 Å². The van der Waals surface area contributed by atoms with E-state index in [0.29, 0.717) is 11.0 Å². The first-order valence-corrected chi connectivity index (χ1v) is 7.24. The second-order valence-corrected chi connectivity index (χ2v) is 5.85. The Morgan fingerprint density at radius 3 is 2.89 bits per heavy atom. The second-order valence-electron chi connectivity index (χ2n) is 4.55. The molecule has 2 aliphatic heterocycles. The van der Waals surface area contributed by atoms with Crippen LogP contribution in [0.4, 0.5) is 0 Å². The molecule has 0 aromatic heterocycles. The van der Waals surface area contributed by atoms with Crippen molar-refractivity contribution in [2.75, 3.05) is 6.54 Å². The van der Waals surface area contributed by atoms with E-state index in [1.165, 1.54) is 0 Å². The van der Waals surface area contributed by atoms with Crippen LogP contribution in [0.5, 0.6) is 0 Å². The first kappa shape index (κ1) is 13.5. The van der Waals surface area contributed by atoms with Gasteiger partial charge in [-0.1, -0.05) is 13.8 Å².